The van der Waals surface area contributed by atoms with Crippen LogP contribution in [0.1, 0.15) is 13.8 Å². The second-order valence-electron chi connectivity index (χ2n) is 6.28. The minimum atomic E-state index is -3.69. The van der Waals surface area contributed by atoms with Crippen molar-refractivity contribution < 1.29 is 22.7 Å². The molecule has 0 saturated carbocycles. The molecule has 0 spiro atoms. The monoisotopic (exact) mass is 418 g/mol. The highest BCUT2D eigenvalue weighted by molar-refractivity contribution is 7.92. The van der Waals surface area contributed by atoms with Crippen molar-refractivity contribution in [3.05, 3.63) is 61.2 Å². The molecule has 0 aromatic heterocycles. The highest BCUT2D eigenvalue weighted by Gasteiger charge is 2.29. The van der Waals surface area contributed by atoms with Crippen LogP contribution < -0.4 is 19.1 Å². The number of ether oxygens (including phenoxy) is 2. The lowest BCUT2D eigenvalue weighted by Crippen LogP contribution is -2.45. The summed E-state index contributed by atoms with van der Waals surface area (Å²) >= 11 is 0. The van der Waals surface area contributed by atoms with Crippen molar-refractivity contribution in [3.63, 3.8) is 0 Å². The largest absolute Gasteiger partial charge is 0.494 e. The highest BCUT2D eigenvalue weighted by atomic mass is 32.2. The molecular weight excluding hydrogens is 392 g/mol. The van der Waals surface area contributed by atoms with E-state index in [-0.39, 0.29) is 0 Å². The molecule has 2 rings (SSSR count). The van der Waals surface area contributed by atoms with Crippen molar-refractivity contribution in [2.24, 2.45) is 0 Å². The molecule has 7 nitrogen and oxygen atoms in total. The Morgan fingerprint density at radius 2 is 1.66 bits per heavy atom. The molecule has 0 aliphatic heterocycles. The molecule has 0 aliphatic rings. The third kappa shape index (κ3) is 6.25. The summed E-state index contributed by atoms with van der Waals surface area (Å²) in [5.41, 5.74) is 0.916. The molecule has 1 N–H and O–H groups in total. The molecule has 2 aromatic carbocycles. The van der Waals surface area contributed by atoms with E-state index < -0.39 is 22.0 Å². The van der Waals surface area contributed by atoms with Gasteiger partial charge in [-0.1, -0.05) is 12.7 Å². The third-order valence-corrected chi connectivity index (χ3v) is 5.22. The van der Waals surface area contributed by atoms with Crippen LogP contribution in [-0.4, -0.2) is 39.8 Å². The number of rotatable bonds is 10. The van der Waals surface area contributed by atoms with E-state index >= 15 is 0 Å². The van der Waals surface area contributed by atoms with Crippen LogP contribution in [0.2, 0.25) is 0 Å². The van der Waals surface area contributed by atoms with E-state index in [1.807, 2.05) is 6.92 Å². The topological polar surface area (TPSA) is 84.9 Å². The van der Waals surface area contributed by atoms with Crippen LogP contribution in [0.25, 0.3) is 0 Å². The molecule has 0 radical (unpaired) electrons. The number of hydrogen-bond donors (Lipinski definition) is 1. The Morgan fingerprint density at radius 3 is 2.17 bits per heavy atom. The summed E-state index contributed by atoms with van der Waals surface area (Å²) in [6.45, 7) is 7.87. The van der Waals surface area contributed by atoms with Crippen LogP contribution in [0.3, 0.4) is 0 Å². The Labute approximate surface area is 172 Å². The van der Waals surface area contributed by atoms with E-state index in [0.29, 0.717) is 36.1 Å². The molecule has 0 aliphatic carbocycles. The first-order valence-corrected chi connectivity index (χ1v) is 11.0. The van der Waals surface area contributed by atoms with Gasteiger partial charge in [-0.15, -0.1) is 0 Å². The van der Waals surface area contributed by atoms with E-state index in [4.69, 9.17) is 9.47 Å². The van der Waals surface area contributed by atoms with Gasteiger partial charge >= 0.3 is 0 Å². The number of anilines is 2. The number of nitrogens with zero attached hydrogens (tertiary/aromatic N) is 1. The minimum absolute atomic E-state index is 0.381. The predicted molar refractivity (Wildman–Crippen MR) is 115 cm³/mol. The first kappa shape index (κ1) is 22.3. The summed E-state index contributed by atoms with van der Waals surface area (Å²) in [5, 5.41) is 2.73. The van der Waals surface area contributed by atoms with Gasteiger partial charge in [0.2, 0.25) is 15.9 Å². The zero-order chi connectivity index (χ0) is 21.4. The van der Waals surface area contributed by atoms with Crippen molar-refractivity contribution in [3.8, 4) is 11.5 Å². The first-order chi connectivity index (χ1) is 13.8. The van der Waals surface area contributed by atoms with Crippen LogP contribution in [-0.2, 0) is 14.8 Å². The Bertz CT molecular complexity index is 925. The van der Waals surface area contributed by atoms with Crippen molar-refractivity contribution in [2.75, 3.05) is 29.1 Å². The molecule has 0 heterocycles. The maximum absolute atomic E-state index is 12.7. The first-order valence-electron chi connectivity index (χ1n) is 9.13. The lowest BCUT2D eigenvalue weighted by Gasteiger charge is -2.28. The fourth-order valence-corrected chi connectivity index (χ4v) is 3.88. The van der Waals surface area contributed by atoms with Crippen LogP contribution in [0.15, 0.2) is 61.2 Å². The summed E-state index contributed by atoms with van der Waals surface area (Å²) < 4.78 is 36.6. The van der Waals surface area contributed by atoms with E-state index in [2.05, 4.69) is 11.9 Å². The van der Waals surface area contributed by atoms with Gasteiger partial charge in [-0.2, -0.15) is 0 Å². The van der Waals surface area contributed by atoms with Gasteiger partial charge < -0.3 is 14.8 Å². The third-order valence-electron chi connectivity index (χ3n) is 3.98. The van der Waals surface area contributed by atoms with Gasteiger partial charge in [-0.3, -0.25) is 9.10 Å². The normalized spacial score (nSPS) is 12.0. The number of benzene rings is 2. The number of amides is 1. The number of carbonyl (C=O) groups is 1. The average molecular weight is 419 g/mol. The molecule has 2 aromatic rings. The average Bonchev–Trinajstić information content (AvgIpc) is 2.68. The van der Waals surface area contributed by atoms with Gasteiger partial charge in [0, 0.05) is 5.69 Å². The lowest BCUT2D eigenvalue weighted by molar-refractivity contribution is -0.116. The van der Waals surface area contributed by atoms with E-state index in [1.165, 1.54) is 6.92 Å². The zero-order valence-corrected chi connectivity index (χ0v) is 17.6. The second-order valence-corrected chi connectivity index (χ2v) is 8.13. The maximum Gasteiger partial charge on any atom is 0.247 e. The second kappa shape index (κ2) is 9.97. The van der Waals surface area contributed by atoms with Gasteiger partial charge in [0.1, 0.15) is 24.1 Å². The van der Waals surface area contributed by atoms with Gasteiger partial charge in [0.05, 0.1) is 18.6 Å². The zero-order valence-electron chi connectivity index (χ0n) is 16.8. The number of hydrogen-bond acceptors (Lipinski definition) is 5. The van der Waals surface area contributed by atoms with E-state index in [9.17, 15) is 13.2 Å². The summed E-state index contributed by atoms with van der Waals surface area (Å²) in [6.07, 6.45) is 2.71. The number of sulfonamides is 1. The summed E-state index contributed by atoms with van der Waals surface area (Å²) in [6, 6.07) is 12.4. The standard InChI is InChI=1S/C21H26N2O5S/c1-5-15-28-20-11-7-17(8-12-20)22-21(24)16(3)23(29(4,25)26)18-9-13-19(14-10-18)27-6-2/h5,7-14,16H,1,6,15H2,2-4H3,(H,22,24)/t16-/m1/s1. The Hall–Kier alpha value is -3.00. The van der Waals surface area contributed by atoms with Gasteiger partial charge in [-0.05, 0) is 62.4 Å². The molecular formula is C21H26N2O5S. The van der Waals surface area contributed by atoms with Crippen LogP contribution in [0, 0.1) is 0 Å². The maximum atomic E-state index is 12.7. The van der Waals surface area contributed by atoms with Crippen LogP contribution in [0.5, 0.6) is 11.5 Å². The molecule has 0 saturated heterocycles. The van der Waals surface area contributed by atoms with Crippen molar-refractivity contribution in [2.45, 2.75) is 19.9 Å². The number of carbonyl (C=O) groups excluding carboxylic acids is 1. The van der Waals surface area contributed by atoms with E-state index in [0.717, 1.165) is 10.6 Å². The fourth-order valence-electron chi connectivity index (χ4n) is 2.70. The Kier molecular flexibility index (Phi) is 7.67. The highest BCUT2D eigenvalue weighted by Crippen LogP contribution is 2.25. The summed E-state index contributed by atoms with van der Waals surface area (Å²) in [5.74, 6) is 0.813. The predicted octanol–water partition coefficient (Wildman–Crippen LogP) is 3.44. The molecule has 156 valence electrons. The summed E-state index contributed by atoms with van der Waals surface area (Å²) in [4.78, 5) is 12.7. The summed E-state index contributed by atoms with van der Waals surface area (Å²) in [7, 11) is -3.69. The SMILES string of the molecule is C=CCOc1ccc(NC(=O)[C@@H](C)N(c2ccc(OCC)cc2)S(C)(=O)=O)cc1. The van der Waals surface area contributed by atoms with E-state index in [1.54, 1.807) is 54.6 Å². The van der Waals surface area contributed by atoms with Crippen LogP contribution in [0.4, 0.5) is 11.4 Å². The molecule has 1 amide bonds. The molecule has 29 heavy (non-hydrogen) atoms. The Balaban J connectivity index is 2.17. The lowest BCUT2D eigenvalue weighted by atomic mass is 10.2. The molecule has 0 bridgehead atoms. The van der Waals surface area contributed by atoms with Crippen LogP contribution >= 0.6 is 0 Å². The molecule has 8 heteroatoms. The molecule has 1 atom stereocenters. The van der Waals surface area contributed by atoms with Gasteiger partial charge in [0.15, 0.2) is 0 Å². The van der Waals surface area contributed by atoms with Gasteiger partial charge in [0.25, 0.3) is 0 Å². The molecule has 0 unspecified atom stereocenters. The van der Waals surface area contributed by atoms with Crippen molar-refractivity contribution in [1.82, 2.24) is 0 Å². The fraction of sp³-hybridized carbons (Fsp3) is 0.286. The Morgan fingerprint density at radius 1 is 1.10 bits per heavy atom. The minimum Gasteiger partial charge on any atom is -0.494 e. The smallest absolute Gasteiger partial charge is 0.247 e. The van der Waals surface area contributed by atoms with Gasteiger partial charge in [-0.25, -0.2) is 8.42 Å². The number of nitrogens with one attached hydrogen (secondary N) is 1. The molecule has 0 fully saturated rings. The van der Waals surface area contributed by atoms with Crippen molar-refractivity contribution in [1.29, 1.82) is 0 Å². The van der Waals surface area contributed by atoms with Crippen molar-refractivity contribution >= 4 is 27.3 Å². The quantitative estimate of drug-likeness (QED) is 0.598.